The summed E-state index contributed by atoms with van der Waals surface area (Å²) in [6.07, 6.45) is 0. The zero-order valence-corrected chi connectivity index (χ0v) is 9.63. The third-order valence-corrected chi connectivity index (χ3v) is 1.98. The summed E-state index contributed by atoms with van der Waals surface area (Å²) in [6.45, 7) is 9.08. The van der Waals surface area contributed by atoms with Crippen molar-refractivity contribution in [1.82, 2.24) is 4.90 Å². The molecule has 0 fully saturated rings. The molecule has 0 radical (unpaired) electrons. The maximum absolute atomic E-state index is 5.66. The predicted octanol–water partition coefficient (Wildman–Crippen LogP) is 0.938. The summed E-state index contributed by atoms with van der Waals surface area (Å²) in [5.74, 6) is 0. The molecule has 0 aliphatic heterocycles. The second-order valence-corrected chi connectivity index (χ2v) is 4.82. The lowest BCUT2D eigenvalue weighted by atomic mass is 9.95. The third kappa shape index (κ3) is 6.02. The summed E-state index contributed by atoms with van der Waals surface area (Å²) in [5.41, 5.74) is 5.97. The van der Waals surface area contributed by atoms with Gasteiger partial charge in [0.2, 0.25) is 0 Å². The van der Waals surface area contributed by atoms with Crippen LogP contribution in [0.25, 0.3) is 0 Å². The molecule has 0 aromatic rings. The van der Waals surface area contributed by atoms with E-state index in [-0.39, 0.29) is 0 Å². The van der Waals surface area contributed by atoms with Crippen LogP contribution in [-0.4, -0.2) is 44.8 Å². The Labute approximate surface area is 82.2 Å². The van der Waals surface area contributed by atoms with Gasteiger partial charge in [-0.1, -0.05) is 20.8 Å². The zero-order valence-electron chi connectivity index (χ0n) is 9.63. The molecular formula is C10H24N2O. The van der Waals surface area contributed by atoms with Crippen molar-refractivity contribution in [3.63, 3.8) is 0 Å². The molecule has 0 saturated carbocycles. The van der Waals surface area contributed by atoms with Gasteiger partial charge in [-0.25, -0.2) is 0 Å². The molecule has 0 bridgehead atoms. The fourth-order valence-electron chi connectivity index (χ4n) is 1.44. The summed E-state index contributed by atoms with van der Waals surface area (Å²) in [5, 5.41) is 0. The highest BCUT2D eigenvalue weighted by Gasteiger charge is 2.19. The average Bonchev–Trinajstić information content (AvgIpc) is 1.96. The number of nitrogens with two attached hydrogens (primary N) is 1. The predicted molar refractivity (Wildman–Crippen MR) is 56.8 cm³/mol. The lowest BCUT2D eigenvalue weighted by molar-refractivity contribution is 0.0896. The van der Waals surface area contributed by atoms with Gasteiger partial charge in [-0.3, -0.25) is 4.90 Å². The molecule has 0 amide bonds. The number of hydrogen-bond acceptors (Lipinski definition) is 3. The molecule has 0 heterocycles. The number of methoxy groups -OCH3 is 1. The van der Waals surface area contributed by atoms with Gasteiger partial charge in [0.25, 0.3) is 0 Å². The Bertz CT molecular complexity index is 131. The van der Waals surface area contributed by atoms with Gasteiger partial charge in [0, 0.05) is 26.2 Å². The molecule has 2 N–H and O–H groups in total. The monoisotopic (exact) mass is 188 g/mol. The normalized spacial score (nSPS) is 15.0. The van der Waals surface area contributed by atoms with Gasteiger partial charge in [0.1, 0.15) is 0 Å². The van der Waals surface area contributed by atoms with Crippen LogP contribution in [0, 0.1) is 5.41 Å². The quantitative estimate of drug-likeness (QED) is 0.698. The van der Waals surface area contributed by atoms with Crippen molar-refractivity contribution in [3.05, 3.63) is 0 Å². The van der Waals surface area contributed by atoms with Crippen LogP contribution in [0.15, 0.2) is 0 Å². The highest BCUT2D eigenvalue weighted by molar-refractivity contribution is 4.74. The number of nitrogens with zero attached hydrogens (tertiary/aromatic N) is 1. The van der Waals surface area contributed by atoms with E-state index in [2.05, 4.69) is 32.7 Å². The maximum Gasteiger partial charge on any atom is 0.0630 e. The van der Waals surface area contributed by atoms with Crippen LogP contribution in [0.2, 0.25) is 0 Å². The van der Waals surface area contributed by atoms with Crippen LogP contribution in [0.4, 0.5) is 0 Å². The molecule has 3 heteroatoms. The summed E-state index contributed by atoms with van der Waals surface area (Å²) in [7, 11) is 3.81. The zero-order chi connectivity index (χ0) is 10.5. The Hall–Kier alpha value is -0.120. The van der Waals surface area contributed by atoms with Crippen molar-refractivity contribution >= 4 is 0 Å². The second-order valence-electron chi connectivity index (χ2n) is 4.82. The van der Waals surface area contributed by atoms with Crippen LogP contribution in [0.1, 0.15) is 20.8 Å². The molecule has 0 saturated heterocycles. The maximum atomic E-state index is 5.66. The first kappa shape index (κ1) is 12.9. The molecule has 0 aromatic carbocycles. The van der Waals surface area contributed by atoms with Crippen molar-refractivity contribution in [2.75, 3.05) is 33.9 Å². The van der Waals surface area contributed by atoms with Crippen molar-refractivity contribution in [2.24, 2.45) is 11.1 Å². The minimum atomic E-state index is 0.315. The molecule has 0 spiro atoms. The Kier molecular flexibility index (Phi) is 5.53. The van der Waals surface area contributed by atoms with E-state index in [9.17, 15) is 0 Å². The molecule has 0 aromatic heterocycles. The van der Waals surface area contributed by atoms with E-state index in [0.717, 1.165) is 6.54 Å². The van der Waals surface area contributed by atoms with Crippen LogP contribution in [-0.2, 0) is 4.74 Å². The van der Waals surface area contributed by atoms with E-state index in [1.807, 2.05) is 0 Å². The van der Waals surface area contributed by atoms with E-state index >= 15 is 0 Å². The summed E-state index contributed by atoms with van der Waals surface area (Å²) in [6, 6.07) is 0.337. The topological polar surface area (TPSA) is 38.5 Å². The van der Waals surface area contributed by atoms with Crippen molar-refractivity contribution < 1.29 is 4.74 Å². The number of rotatable bonds is 5. The average molecular weight is 188 g/mol. The van der Waals surface area contributed by atoms with Crippen LogP contribution >= 0.6 is 0 Å². The number of ether oxygens (including phenoxy) is 1. The number of hydrogen-bond donors (Lipinski definition) is 1. The molecule has 3 nitrogen and oxygen atoms in total. The third-order valence-electron chi connectivity index (χ3n) is 1.98. The first-order valence-corrected chi connectivity index (χ1v) is 4.80. The van der Waals surface area contributed by atoms with Crippen LogP contribution in [0.3, 0.4) is 0 Å². The van der Waals surface area contributed by atoms with Crippen LogP contribution < -0.4 is 5.73 Å². The minimum Gasteiger partial charge on any atom is -0.383 e. The van der Waals surface area contributed by atoms with E-state index in [1.54, 1.807) is 7.11 Å². The Balaban J connectivity index is 3.97. The standard InChI is InChI=1S/C10H24N2O/c1-10(2,3)8-12(4)9(6-11)7-13-5/h9H,6-8,11H2,1-5H3. The lowest BCUT2D eigenvalue weighted by Crippen LogP contribution is -2.44. The highest BCUT2D eigenvalue weighted by Crippen LogP contribution is 2.15. The summed E-state index contributed by atoms with van der Waals surface area (Å²) >= 11 is 0. The van der Waals surface area contributed by atoms with Gasteiger partial charge in [-0.05, 0) is 12.5 Å². The van der Waals surface area contributed by atoms with Gasteiger partial charge >= 0.3 is 0 Å². The van der Waals surface area contributed by atoms with Gasteiger partial charge < -0.3 is 10.5 Å². The first-order chi connectivity index (χ1) is 5.90. The van der Waals surface area contributed by atoms with Crippen molar-refractivity contribution in [3.8, 4) is 0 Å². The van der Waals surface area contributed by atoms with E-state index in [0.29, 0.717) is 24.6 Å². The molecule has 80 valence electrons. The van der Waals surface area contributed by atoms with E-state index in [1.165, 1.54) is 0 Å². The van der Waals surface area contributed by atoms with E-state index in [4.69, 9.17) is 10.5 Å². The van der Waals surface area contributed by atoms with Gasteiger partial charge in [-0.15, -0.1) is 0 Å². The smallest absolute Gasteiger partial charge is 0.0630 e. The van der Waals surface area contributed by atoms with E-state index < -0.39 is 0 Å². The second kappa shape index (κ2) is 5.58. The molecule has 13 heavy (non-hydrogen) atoms. The summed E-state index contributed by atoms with van der Waals surface area (Å²) in [4.78, 5) is 2.27. The largest absolute Gasteiger partial charge is 0.383 e. The first-order valence-electron chi connectivity index (χ1n) is 4.80. The Morgan fingerprint density at radius 1 is 1.38 bits per heavy atom. The fraction of sp³-hybridized carbons (Fsp3) is 1.00. The van der Waals surface area contributed by atoms with Crippen molar-refractivity contribution in [2.45, 2.75) is 26.8 Å². The fourth-order valence-corrected chi connectivity index (χ4v) is 1.44. The lowest BCUT2D eigenvalue weighted by Gasteiger charge is -2.32. The Morgan fingerprint density at radius 3 is 2.23 bits per heavy atom. The molecule has 0 aliphatic carbocycles. The molecular weight excluding hydrogens is 164 g/mol. The van der Waals surface area contributed by atoms with Crippen LogP contribution in [0.5, 0.6) is 0 Å². The van der Waals surface area contributed by atoms with Gasteiger partial charge in [0.05, 0.1) is 6.61 Å². The Morgan fingerprint density at radius 2 is 1.92 bits per heavy atom. The van der Waals surface area contributed by atoms with Gasteiger partial charge in [0.15, 0.2) is 0 Å². The molecule has 1 unspecified atom stereocenters. The molecule has 0 rings (SSSR count). The highest BCUT2D eigenvalue weighted by atomic mass is 16.5. The SMILES string of the molecule is COCC(CN)N(C)CC(C)(C)C. The molecule has 1 atom stereocenters. The van der Waals surface area contributed by atoms with Crippen molar-refractivity contribution in [1.29, 1.82) is 0 Å². The number of likely N-dealkylation sites (N-methyl/N-ethyl adjacent to an activating group) is 1. The minimum absolute atomic E-state index is 0.315. The summed E-state index contributed by atoms with van der Waals surface area (Å²) < 4.78 is 5.11. The van der Waals surface area contributed by atoms with Gasteiger partial charge in [-0.2, -0.15) is 0 Å². The molecule has 0 aliphatic rings.